The topological polar surface area (TPSA) is 29.1 Å². The van der Waals surface area contributed by atoms with Crippen molar-refractivity contribution >= 4 is 11.5 Å². The molecule has 1 aliphatic carbocycles. The van der Waals surface area contributed by atoms with Crippen LogP contribution >= 0.6 is 0 Å². The van der Waals surface area contributed by atoms with Crippen molar-refractivity contribution in [3.05, 3.63) is 29.8 Å². The molecule has 0 unspecified atom stereocenters. The van der Waals surface area contributed by atoms with Crippen LogP contribution in [0.4, 0.5) is 5.69 Å². The number of carbonyl (C=O) groups is 1. The van der Waals surface area contributed by atoms with Crippen molar-refractivity contribution in [3.63, 3.8) is 0 Å². The van der Waals surface area contributed by atoms with Gasteiger partial charge in [0, 0.05) is 24.2 Å². The molecule has 0 heterocycles. The van der Waals surface area contributed by atoms with E-state index in [2.05, 4.69) is 11.4 Å². The molecule has 1 aromatic carbocycles. The largest absolute Gasteiger partial charge is 0.385 e. The van der Waals surface area contributed by atoms with Crippen LogP contribution in [0.15, 0.2) is 24.3 Å². The zero-order valence-electron chi connectivity index (χ0n) is 13.4. The van der Waals surface area contributed by atoms with Gasteiger partial charge in [0.25, 0.3) is 0 Å². The Morgan fingerprint density at radius 1 is 1.24 bits per heavy atom. The Hall–Kier alpha value is -1.31. The third kappa shape index (κ3) is 5.53. The molecule has 0 bridgehead atoms. The van der Waals surface area contributed by atoms with Gasteiger partial charge < -0.3 is 5.32 Å². The summed E-state index contributed by atoms with van der Waals surface area (Å²) < 4.78 is 0. The second-order valence-corrected chi connectivity index (χ2v) is 6.33. The zero-order chi connectivity index (χ0) is 14.9. The lowest BCUT2D eigenvalue weighted by Crippen LogP contribution is -2.09. The van der Waals surface area contributed by atoms with Crippen LogP contribution in [-0.2, 0) is 0 Å². The number of carbonyl (C=O) groups excluding carboxylic acids is 1. The quantitative estimate of drug-likeness (QED) is 0.509. The predicted molar refractivity (Wildman–Crippen MR) is 90.0 cm³/mol. The number of ketones is 1. The molecule has 2 rings (SSSR count). The summed E-state index contributed by atoms with van der Waals surface area (Å²) in [6, 6.07) is 7.96. The molecule has 1 aliphatic rings. The van der Waals surface area contributed by atoms with Crippen LogP contribution in [0.3, 0.4) is 0 Å². The SMILES string of the molecule is CCCC(=O)c1cccc(NCCCC2CCCCC2)c1. The van der Waals surface area contributed by atoms with Gasteiger partial charge in [0.15, 0.2) is 5.78 Å². The second-order valence-electron chi connectivity index (χ2n) is 6.33. The van der Waals surface area contributed by atoms with Crippen molar-refractivity contribution in [1.82, 2.24) is 0 Å². The molecule has 2 heteroatoms. The van der Waals surface area contributed by atoms with Gasteiger partial charge >= 0.3 is 0 Å². The Morgan fingerprint density at radius 2 is 2.05 bits per heavy atom. The van der Waals surface area contributed by atoms with Crippen molar-refractivity contribution in [2.45, 2.75) is 64.7 Å². The molecule has 21 heavy (non-hydrogen) atoms. The Balaban J connectivity index is 1.72. The summed E-state index contributed by atoms with van der Waals surface area (Å²) in [5.74, 6) is 1.21. The second kappa shape index (κ2) is 8.86. The minimum atomic E-state index is 0.253. The van der Waals surface area contributed by atoms with Gasteiger partial charge in [0.1, 0.15) is 0 Å². The number of rotatable bonds is 8. The molecule has 0 aromatic heterocycles. The highest BCUT2D eigenvalue weighted by Crippen LogP contribution is 2.27. The van der Waals surface area contributed by atoms with Crippen molar-refractivity contribution in [2.24, 2.45) is 5.92 Å². The van der Waals surface area contributed by atoms with E-state index in [9.17, 15) is 4.79 Å². The molecule has 1 saturated carbocycles. The van der Waals surface area contributed by atoms with Crippen LogP contribution in [-0.4, -0.2) is 12.3 Å². The van der Waals surface area contributed by atoms with Gasteiger partial charge in [-0.2, -0.15) is 0 Å². The number of anilines is 1. The maximum atomic E-state index is 11.9. The molecule has 1 fully saturated rings. The van der Waals surface area contributed by atoms with E-state index in [0.29, 0.717) is 6.42 Å². The van der Waals surface area contributed by atoms with Crippen molar-refractivity contribution in [2.75, 3.05) is 11.9 Å². The van der Waals surface area contributed by atoms with Gasteiger partial charge in [-0.05, 0) is 37.3 Å². The molecule has 0 amide bonds. The predicted octanol–water partition coefficient (Wildman–Crippen LogP) is 5.44. The average molecular weight is 287 g/mol. The van der Waals surface area contributed by atoms with Crippen molar-refractivity contribution < 1.29 is 4.79 Å². The zero-order valence-corrected chi connectivity index (χ0v) is 13.4. The van der Waals surface area contributed by atoms with Gasteiger partial charge in [0.05, 0.1) is 0 Å². The Morgan fingerprint density at radius 3 is 2.81 bits per heavy atom. The standard InChI is InChI=1S/C19H29NO/c1-2-8-19(21)17-12-6-13-18(15-17)20-14-7-11-16-9-4-3-5-10-16/h6,12-13,15-16,20H,2-5,7-11,14H2,1H3. The highest BCUT2D eigenvalue weighted by Gasteiger charge is 2.12. The lowest BCUT2D eigenvalue weighted by Gasteiger charge is -2.21. The fourth-order valence-electron chi connectivity index (χ4n) is 3.27. The molecule has 2 nitrogen and oxygen atoms in total. The van der Waals surface area contributed by atoms with Gasteiger partial charge in [0.2, 0.25) is 0 Å². The molecule has 1 N–H and O–H groups in total. The first-order chi connectivity index (χ1) is 10.3. The van der Waals surface area contributed by atoms with Gasteiger partial charge in [-0.1, -0.05) is 51.2 Å². The number of benzene rings is 1. The van der Waals surface area contributed by atoms with Crippen LogP contribution < -0.4 is 5.32 Å². The fourth-order valence-corrected chi connectivity index (χ4v) is 3.27. The Kier molecular flexibility index (Phi) is 6.78. The van der Waals surface area contributed by atoms with Crippen molar-refractivity contribution in [3.8, 4) is 0 Å². The van der Waals surface area contributed by atoms with Crippen LogP contribution in [0, 0.1) is 5.92 Å². The highest BCUT2D eigenvalue weighted by atomic mass is 16.1. The monoisotopic (exact) mass is 287 g/mol. The molecule has 0 aliphatic heterocycles. The van der Waals surface area contributed by atoms with Crippen molar-refractivity contribution in [1.29, 1.82) is 0 Å². The summed E-state index contributed by atoms with van der Waals surface area (Å²) in [5, 5.41) is 3.47. The molecular formula is C19H29NO. The molecule has 0 spiro atoms. The summed E-state index contributed by atoms with van der Waals surface area (Å²) in [4.78, 5) is 11.9. The maximum absolute atomic E-state index is 11.9. The minimum Gasteiger partial charge on any atom is -0.385 e. The van der Waals surface area contributed by atoms with Gasteiger partial charge in [-0.25, -0.2) is 0 Å². The third-order valence-electron chi connectivity index (χ3n) is 4.50. The van der Waals surface area contributed by atoms with E-state index in [1.165, 1.54) is 44.9 Å². The third-order valence-corrected chi connectivity index (χ3v) is 4.50. The molecule has 0 radical (unpaired) electrons. The molecule has 1 aromatic rings. The summed E-state index contributed by atoms with van der Waals surface area (Å²) in [6.45, 7) is 3.06. The molecule has 116 valence electrons. The smallest absolute Gasteiger partial charge is 0.162 e. The van der Waals surface area contributed by atoms with Crippen LogP contribution in [0.2, 0.25) is 0 Å². The lowest BCUT2D eigenvalue weighted by atomic mass is 9.86. The van der Waals surface area contributed by atoms with E-state index in [1.54, 1.807) is 0 Å². The average Bonchev–Trinajstić information content (AvgIpc) is 2.53. The number of Topliss-reactive ketones (excluding diaryl/α,β-unsaturated/α-hetero) is 1. The number of hydrogen-bond acceptors (Lipinski definition) is 2. The van der Waals surface area contributed by atoms with Crippen LogP contribution in [0.25, 0.3) is 0 Å². The summed E-state index contributed by atoms with van der Waals surface area (Å²) in [5.41, 5.74) is 1.93. The van der Waals surface area contributed by atoms with E-state index in [4.69, 9.17) is 0 Å². The fraction of sp³-hybridized carbons (Fsp3) is 0.632. The first-order valence-electron chi connectivity index (χ1n) is 8.66. The Bertz CT molecular complexity index is 435. The van der Waals surface area contributed by atoms with E-state index >= 15 is 0 Å². The summed E-state index contributed by atoms with van der Waals surface area (Å²) in [6.07, 6.45) is 11.3. The maximum Gasteiger partial charge on any atom is 0.162 e. The van der Waals surface area contributed by atoms with Crippen LogP contribution in [0.5, 0.6) is 0 Å². The van der Waals surface area contributed by atoms with E-state index < -0.39 is 0 Å². The first-order valence-corrected chi connectivity index (χ1v) is 8.66. The van der Waals surface area contributed by atoms with Crippen LogP contribution in [0.1, 0.15) is 75.1 Å². The Labute approximate surface area is 129 Å². The molecule has 0 atom stereocenters. The van der Waals surface area contributed by atoms with Gasteiger partial charge in [-0.15, -0.1) is 0 Å². The molecule has 0 saturated heterocycles. The lowest BCUT2D eigenvalue weighted by molar-refractivity contribution is 0.0982. The van der Waals surface area contributed by atoms with E-state index in [-0.39, 0.29) is 5.78 Å². The normalized spacial score (nSPS) is 15.9. The highest BCUT2D eigenvalue weighted by molar-refractivity contribution is 5.96. The first kappa shape index (κ1) is 16.1. The molecular weight excluding hydrogens is 258 g/mol. The minimum absolute atomic E-state index is 0.253. The van der Waals surface area contributed by atoms with E-state index in [1.807, 2.05) is 25.1 Å². The number of hydrogen-bond donors (Lipinski definition) is 1. The summed E-state index contributed by atoms with van der Waals surface area (Å²) in [7, 11) is 0. The number of nitrogens with one attached hydrogen (secondary N) is 1. The van der Waals surface area contributed by atoms with Gasteiger partial charge in [-0.3, -0.25) is 4.79 Å². The van der Waals surface area contributed by atoms with E-state index in [0.717, 1.165) is 30.1 Å². The summed E-state index contributed by atoms with van der Waals surface area (Å²) >= 11 is 0.